The van der Waals surface area contributed by atoms with Crippen molar-refractivity contribution in [1.82, 2.24) is 19.6 Å². The summed E-state index contributed by atoms with van der Waals surface area (Å²) >= 11 is 0. The molecule has 0 aliphatic rings. The summed E-state index contributed by atoms with van der Waals surface area (Å²) in [6.45, 7) is 1.84. The molecule has 0 aliphatic heterocycles. The molecule has 0 N–H and O–H groups in total. The molecule has 4 heteroatoms. The van der Waals surface area contributed by atoms with Gasteiger partial charge >= 0.3 is 0 Å². The van der Waals surface area contributed by atoms with Gasteiger partial charge in [-0.15, -0.1) is 0 Å². The Bertz CT molecular complexity index is 628. The van der Waals surface area contributed by atoms with Crippen molar-refractivity contribution >= 4 is 5.65 Å². The molecule has 2 heterocycles. The fourth-order valence-corrected chi connectivity index (χ4v) is 1.58. The molecule has 4 nitrogen and oxygen atoms in total. The van der Waals surface area contributed by atoms with Crippen LogP contribution in [0, 0.1) is 13.3 Å². The number of rotatable bonds is 1. The number of hydrogen-bond donors (Lipinski definition) is 0. The van der Waals surface area contributed by atoms with Crippen molar-refractivity contribution < 1.29 is 0 Å². The van der Waals surface area contributed by atoms with Crippen LogP contribution in [-0.4, -0.2) is 19.6 Å². The third-order valence-corrected chi connectivity index (χ3v) is 2.34. The first-order valence-corrected chi connectivity index (χ1v) is 5.00. The van der Waals surface area contributed by atoms with E-state index in [9.17, 15) is 0 Å². The maximum absolute atomic E-state index is 4.36. The predicted molar refractivity (Wildman–Crippen MR) is 59.8 cm³/mol. The van der Waals surface area contributed by atoms with Gasteiger partial charge in [0.2, 0.25) is 6.33 Å². The highest BCUT2D eigenvalue weighted by molar-refractivity contribution is 5.63. The monoisotopic (exact) mass is 209 g/mol. The lowest BCUT2D eigenvalue weighted by Gasteiger charge is -1.92. The Morgan fingerprint density at radius 2 is 2.00 bits per heavy atom. The van der Waals surface area contributed by atoms with Gasteiger partial charge in [0.05, 0.1) is 5.69 Å². The lowest BCUT2D eigenvalue weighted by molar-refractivity contribution is 0.861. The normalized spacial score (nSPS) is 10.8. The Morgan fingerprint density at radius 1 is 1.19 bits per heavy atom. The van der Waals surface area contributed by atoms with Crippen molar-refractivity contribution in [2.24, 2.45) is 0 Å². The third-order valence-electron chi connectivity index (χ3n) is 2.34. The number of benzene rings is 1. The molecule has 0 amide bonds. The molecule has 2 aromatic heterocycles. The zero-order chi connectivity index (χ0) is 11.0. The van der Waals surface area contributed by atoms with Crippen molar-refractivity contribution in [3.63, 3.8) is 0 Å². The molecule has 0 saturated heterocycles. The summed E-state index contributed by atoms with van der Waals surface area (Å²) in [6.07, 6.45) is 2.80. The maximum Gasteiger partial charge on any atom is 0.202 e. The Balaban J connectivity index is 2.19. The van der Waals surface area contributed by atoms with Crippen LogP contribution in [-0.2, 0) is 0 Å². The van der Waals surface area contributed by atoms with E-state index in [0.29, 0.717) is 5.82 Å². The van der Waals surface area contributed by atoms with Crippen LogP contribution in [0.3, 0.4) is 0 Å². The van der Waals surface area contributed by atoms with Crippen LogP contribution < -0.4 is 0 Å². The van der Waals surface area contributed by atoms with Gasteiger partial charge in [-0.3, -0.25) is 0 Å². The summed E-state index contributed by atoms with van der Waals surface area (Å²) in [4.78, 5) is 8.26. The minimum atomic E-state index is 0.701. The van der Waals surface area contributed by atoms with Crippen molar-refractivity contribution in [2.45, 2.75) is 6.92 Å². The standard InChI is InChI=1S/C12H9N4/c1-9-13-8-16-12(14-9)7-11(15-16)10-5-3-2-4-6-10/h2-7H,1H3. The van der Waals surface area contributed by atoms with Crippen molar-refractivity contribution in [2.75, 3.05) is 0 Å². The summed E-state index contributed by atoms with van der Waals surface area (Å²) in [6, 6.07) is 11.9. The molecular formula is C12H9N4. The van der Waals surface area contributed by atoms with Crippen molar-refractivity contribution in [1.29, 1.82) is 0 Å². The van der Waals surface area contributed by atoms with Gasteiger partial charge in [0.15, 0.2) is 5.65 Å². The Morgan fingerprint density at radius 3 is 2.81 bits per heavy atom. The quantitative estimate of drug-likeness (QED) is 0.614. The Kier molecular flexibility index (Phi) is 1.93. The number of nitrogens with zero attached hydrogens (tertiary/aromatic N) is 4. The summed E-state index contributed by atoms with van der Waals surface area (Å²) in [5.74, 6) is 0.701. The first-order chi connectivity index (χ1) is 7.83. The molecule has 1 radical (unpaired) electrons. The molecule has 0 aliphatic carbocycles. The lowest BCUT2D eigenvalue weighted by Crippen LogP contribution is -1.95. The third kappa shape index (κ3) is 1.44. The van der Waals surface area contributed by atoms with Gasteiger partial charge < -0.3 is 0 Å². The second kappa shape index (κ2) is 3.41. The first kappa shape index (κ1) is 9.03. The van der Waals surface area contributed by atoms with E-state index < -0.39 is 0 Å². The van der Waals surface area contributed by atoms with E-state index in [-0.39, 0.29) is 0 Å². The van der Waals surface area contributed by atoms with Gasteiger partial charge in [-0.2, -0.15) is 9.61 Å². The van der Waals surface area contributed by atoms with Crippen LogP contribution in [0.15, 0.2) is 36.4 Å². The second-order valence-electron chi connectivity index (χ2n) is 3.54. The molecule has 3 rings (SSSR count). The molecule has 0 unspecified atom stereocenters. The van der Waals surface area contributed by atoms with E-state index in [1.165, 1.54) is 0 Å². The van der Waals surface area contributed by atoms with Gasteiger partial charge in [-0.1, -0.05) is 30.3 Å². The van der Waals surface area contributed by atoms with E-state index in [2.05, 4.69) is 21.4 Å². The summed E-state index contributed by atoms with van der Waals surface area (Å²) in [5, 5.41) is 4.36. The van der Waals surface area contributed by atoms with Gasteiger partial charge in [-0.25, -0.2) is 9.97 Å². The number of hydrogen-bond acceptors (Lipinski definition) is 3. The number of fused-ring (bicyclic) bond motifs is 1. The highest BCUT2D eigenvalue weighted by atomic mass is 15.3. The van der Waals surface area contributed by atoms with Gasteiger partial charge in [0.1, 0.15) is 5.82 Å². The van der Waals surface area contributed by atoms with Gasteiger partial charge in [0.25, 0.3) is 0 Å². The molecule has 0 saturated carbocycles. The van der Waals surface area contributed by atoms with E-state index in [1.807, 2.05) is 43.3 Å². The minimum absolute atomic E-state index is 0.701. The lowest BCUT2D eigenvalue weighted by atomic mass is 10.2. The molecular weight excluding hydrogens is 200 g/mol. The number of aromatic nitrogens is 4. The van der Waals surface area contributed by atoms with E-state index in [4.69, 9.17) is 0 Å². The van der Waals surface area contributed by atoms with Crippen LogP contribution in [0.25, 0.3) is 16.9 Å². The molecule has 1 aromatic carbocycles. The smallest absolute Gasteiger partial charge is 0.202 e. The van der Waals surface area contributed by atoms with E-state index in [0.717, 1.165) is 16.9 Å². The molecule has 16 heavy (non-hydrogen) atoms. The van der Waals surface area contributed by atoms with Crippen LogP contribution in [0.2, 0.25) is 0 Å². The Hall–Kier alpha value is -2.23. The number of aryl methyl sites for hydroxylation is 1. The topological polar surface area (TPSA) is 43.1 Å². The van der Waals surface area contributed by atoms with Crippen LogP contribution in [0.1, 0.15) is 5.82 Å². The average Bonchev–Trinajstić information content (AvgIpc) is 2.73. The zero-order valence-corrected chi connectivity index (χ0v) is 8.75. The molecule has 0 fully saturated rings. The van der Waals surface area contributed by atoms with Gasteiger partial charge in [0, 0.05) is 11.6 Å². The SMILES string of the molecule is Cc1n[c]n2nc(-c3ccccc3)cc2n1. The zero-order valence-electron chi connectivity index (χ0n) is 8.75. The summed E-state index contributed by atoms with van der Waals surface area (Å²) in [5.41, 5.74) is 2.72. The average molecular weight is 209 g/mol. The molecule has 0 bridgehead atoms. The molecule has 0 atom stereocenters. The fraction of sp³-hybridized carbons (Fsp3) is 0.0833. The van der Waals surface area contributed by atoms with E-state index >= 15 is 0 Å². The fourth-order valence-electron chi connectivity index (χ4n) is 1.58. The highest BCUT2D eigenvalue weighted by Gasteiger charge is 2.05. The summed E-state index contributed by atoms with van der Waals surface area (Å²) in [7, 11) is 0. The van der Waals surface area contributed by atoms with Crippen LogP contribution in [0.5, 0.6) is 0 Å². The predicted octanol–water partition coefficient (Wildman–Crippen LogP) is 1.90. The minimum Gasteiger partial charge on any atom is -0.214 e. The second-order valence-corrected chi connectivity index (χ2v) is 3.54. The molecule has 3 aromatic rings. The highest BCUT2D eigenvalue weighted by Crippen LogP contribution is 2.17. The van der Waals surface area contributed by atoms with Gasteiger partial charge in [-0.05, 0) is 6.92 Å². The summed E-state index contributed by atoms with van der Waals surface area (Å²) < 4.78 is 1.56. The largest absolute Gasteiger partial charge is 0.214 e. The van der Waals surface area contributed by atoms with Crippen LogP contribution >= 0.6 is 0 Å². The van der Waals surface area contributed by atoms with Crippen molar-refractivity contribution in [3.05, 3.63) is 48.5 Å². The molecule has 77 valence electrons. The van der Waals surface area contributed by atoms with E-state index in [1.54, 1.807) is 4.52 Å². The first-order valence-electron chi connectivity index (χ1n) is 5.00. The van der Waals surface area contributed by atoms with Crippen molar-refractivity contribution in [3.8, 4) is 11.3 Å². The molecule has 0 spiro atoms. The maximum atomic E-state index is 4.36. The van der Waals surface area contributed by atoms with Crippen LogP contribution in [0.4, 0.5) is 0 Å². The Labute approximate surface area is 92.6 Å².